The first-order valence-electron chi connectivity index (χ1n) is 10.8. The molecule has 0 aliphatic carbocycles. The Hall–Kier alpha value is -3.87. The van der Waals surface area contributed by atoms with E-state index in [0.717, 1.165) is 35.6 Å². The molecule has 3 N–H and O–H groups in total. The van der Waals surface area contributed by atoms with Crippen LogP contribution < -0.4 is 15.2 Å². The normalized spacial score (nSPS) is 10.8. The van der Waals surface area contributed by atoms with Crippen LogP contribution in [-0.2, 0) is 17.7 Å². The van der Waals surface area contributed by atoms with Gasteiger partial charge in [-0.25, -0.2) is 20.1 Å². The average Bonchev–Trinajstić information content (AvgIpc) is 3.17. The monoisotopic (exact) mass is 430 g/mol. The van der Waals surface area contributed by atoms with Crippen molar-refractivity contribution >= 4 is 28.8 Å². The maximum Gasteiger partial charge on any atom is 0.473 e. The number of hydrogen-bond acceptors (Lipinski definition) is 4. The lowest BCUT2D eigenvalue weighted by Crippen LogP contribution is -2.33. The number of aromatic nitrogens is 3. The highest BCUT2D eigenvalue weighted by molar-refractivity contribution is 5.89. The molecule has 164 valence electrons. The van der Waals surface area contributed by atoms with Gasteiger partial charge in [-0.1, -0.05) is 60.7 Å². The van der Waals surface area contributed by atoms with Crippen molar-refractivity contribution in [3.63, 3.8) is 0 Å². The molecule has 0 saturated heterocycles. The number of pyridine rings is 1. The Morgan fingerprint density at radius 1 is 1.09 bits per heavy atom. The Balaban J connectivity index is 1.71. The fourth-order valence-electron chi connectivity index (χ4n) is 3.72. The van der Waals surface area contributed by atoms with Gasteiger partial charge in [-0.3, -0.25) is 4.90 Å². The summed E-state index contributed by atoms with van der Waals surface area (Å²) in [5, 5.41) is 2.79. The average molecular weight is 431 g/mol. The number of nitrogens with zero attached hydrogens (tertiary/aromatic N) is 2. The summed E-state index contributed by atoms with van der Waals surface area (Å²) in [6, 6.07) is 22.6. The van der Waals surface area contributed by atoms with Gasteiger partial charge in [0.05, 0.1) is 25.2 Å². The van der Waals surface area contributed by atoms with Gasteiger partial charge in [-0.15, -0.1) is 0 Å². The lowest BCUT2D eigenvalue weighted by molar-refractivity contribution is -0.345. The molecule has 0 saturated carbocycles. The second-order valence-corrected chi connectivity index (χ2v) is 7.60. The van der Waals surface area contributed by atoms with Gasteiger partial charge in [0.2, 0.25) is 11.6 Å². The molecular weight excluding hydrogens is 402 g/mol. The molecule has 7 heteroatoms. The summed E-state index contributed by atoms with van der Waals surface area (Å²) in [6.07, 6.45) is 0.381. The number of carbonyl (C=O) groups excluding carboxylic acids is 1. The van der Waals surface area contributed by atoms with Crippen LogP contribution in [0.5, 0.6) is 0 Å². The molecule has 0 aliphatic rings. The second kappa shape index (κ2) is 9.96. The summed E-state index contributed by atoms with van der Waals surface area (Å²) in [5.41, 5.74) is 4.14. The Morgan fingerprint density at radius 2 is 1.78 bits per heavy atom. The zero-order valence-electron chi connectivity index (χ0n) is 18.4. The van der Waals surface area contributed by atoms with Crippen molar-refractivity contribution in [1.29, 1.82) is 0 Å². The highest BCUT2D eigenvalue weighted by Gasteiger charge is 2.23. The van der Waals surface area contributed by atoms with Crippen LogP contribution in [0.3, 0.4) is 0 Å². The molecule has 2 heterocycles. The number of aryl methyl sites for hydroxylation is 1. The predicted molar refractivity (Wildman–Crippen MR) is 126 cm³/mol. The number of anilines is 2. The smallest absolute Gasteiger partial charge is 0.438 e. The van der Waals surface area contributed by atoms with Crippen LogP contribution in [-0.4, -0.2) is 29.2 Å². The zero-order chi connectivity index (χ0) is 22.3. The Labute approximate surface area is 187 Å². The fourth-order valence-corrected chi connectivity index (χ4v) is 3.72. The van der Waals surface area contributed by atoms with Crippen LogP contribution in [0.1, 0.15) is 23.9 Å². The van der Waals surface area contributed by atoms with E-state index in [1.165, 1.54) is 11.1 Å². The number of H-pyrrole nitrogens is 2. The summed E-state index contributed by atoms with van der Waals surface area (Å²) >= 11 is 0. The molecule has 0 aliphatic heterocycles. The summed E-state index contributed by atoms with van der Waals surface area (Å²) in [7, 11) is 0. The van der Waals surface area contributed by atoms with E-state index in [9.17, 15) is 4.79 Å². The van der Waals surface area contributed by atoms with Crippen molar-refractivity contribution in [1.82, 2.24) is 9.97 Å². The Kier molecular flexibility index (Phi) is 6.65. The Bertz CT molecular complexity index is 1180. The van der Waals surface area contributed by atoms with Crippen LogP contribution in [0.2, 0.25) is 0 Å². The number of carbonyl (C=O) groups is 1. The van der Waals surface area contributed by atoms with Gasteiger partial charge in [0.15, 0.2) is 5.52 Å². The number of nitrogens with one attached hydrogen (secondary N) is 3. The molecule has 1 amide bonds. The van der Waals surface area contributed by atoms with Crippen molar-refractivity contribution in [2.75, 3.05) is 23.4 Å². The van der Waals surface area contributed by atoms with Gasteiger partial charge in [0.1, 0.15) is 5.82 Å². The third-order valence-electron chi connectivity index (χ3n) is 5.17. The minimum atomic E-state index is -0.496. The van der Waals surface area contributed by atoms with Gasteiger partial charge >= 0.3 is 6.09 Å². The maximum atomic E-state index is 12.0. The molecule has 7 nitrogen and oxygen atoms in total. The highest BCUT2D eigenvalue weighted by atomic mass is 16.5. The second-order valence-electron chi connectivity index (χ2n) is 7.60. The van der Waals surface area contributed by atoms with Crippen LogP contribution in [0.4, 0.5) is 16.4 Å². The molecule has 4 rings (SSSR count). The largest absolute Gasteiger partial charge is 0.473 e. The number of aromatic amines is 2. The van der Waals surface area contributed by atoms with Crippen molar-refractivity contribution < 1.29 is 14.5 Å². The lowest BCUT2D eigenvalue weighted by atomic mass is 10.1. The molecule has 0 unspecified atom stereocenters. The number of benzene rings is 2. The molecule has 0 fully saturated rings. The number of ether oxygens (including phenoxy) is 1. The van der Waals surface area contributed by atoms with E-state index in [2.05, 4.69) is 56.6 Å². The minimum absolute atomic E-state index is 0.307. The topological polar surface area (TPSA) is 84.4 Å². The van der Waals surface area contributed by atoms with Crippen molar-refractivity contribution in [2.24, 2.45) is 0 Å². The van der Waals surface area contributed by atoms with E-state index in [-0.39, 0.29) is 0 Å². The van der Waals surface area contributed by atoms with Crippen molar-refractivity contribution in [3.8, 4) is 0 Å². The van der Waals surface area contributed by atoms with Crippen LogP contribution in [0.15, 0.2) is 66.7 Å². The van der Waals surface area contributed by atoms with Crippen LogP contribution >= 0.6 is 0 Å². The zero-order valence-corrected chi connectivity index (χ0v) is 18.4. The number of rotatable bonds is 8. The van der Waals surface area contributed by atoms with E-state index in [1.807, 2.05) is 37.3 Å². The third kappa shape index (κ3) is 5.24. The number of imidazole rings is 1. The third-order valence-corrected chi connectivity index (χ3v) is 5.17. The number of amides is 1. The molecule has 4 aromatic rings. The molecule has 0 radical (unpaired) electrons. The van der Waals surface area contributed by atoms with Crippen molar-refractivity contribution in [2.45, 2.75) is 26.8 Å². The summed E-state index contributed by atoms with van der Waals surface area (Å²) < 4.78 is 5.05. The predicted octanol–water partition coefficient (Wildman–Crippen LogP) is 4.50. The van der Waals surface area contributed by atoms with Gasteiger partial charge in [-0.2, -0.15) is 0 Å². The summed E-state index contributed by atoms with van der Waals surface area (Å²) in [5.74, 6) is 2.21. The van der Waals surface area contributed by atoms with Gasteiger partial charge in [0, 0.05) is 12.5 Å². The van der Waals surface area contributed by atoms with Gasteiger partial charge < -0.3 is 9.72 Å². The van der Waals surface area contributed by atoms with E-state index < -0.39 is 6.09 Å². The summed E-state index contributed by atoms with van der Waals surface area (Å²) in [4.78, 5) is 25.7. The molecule has 2 aromatic heterocycles. The number of hydrogen-bond donors (Lipinski definition) is 2. The molecule has 32 heavy (non-hydrogen) atoms. The van der Waals surface area contributed by atoms with E-state index in [1.54, 1.807) is 6.92 Å². The first kappa shape index (κ1) is 21.4. The fraction of sp³-hybridized carbons (Fsp3) is 0.240. The van der Waals surface area contributed by atoms with E-state index in [4.69, 9.17) is 9.72 Å². The van der Waals surface area contributed by atoms with Crippen LogP contribution in [0, 0.1) is 6.92 Å². The molecule has 0 spiro atoms. The summed E-state index contributed by atoms with van der Waals surface area (Å²) in [6.45, 7) is 5.49. The lowest BCUT2D eigenvalue weighted by Gasteiger charge is -2.20. The van der Waals surface area contributed by atoms with Crippen LogP contribution in [0.25, 0.3) is 11.0 Å². The van der Waals surface area contributed by atoms with E-state index in [0.29, 0.717) is 19.0 Å². The minimum Gasteiger partial charge on any atom is -0.438 e. The first-order valence-corrected chi connectivity index (χ1v) is 10.8. The quantitative estimate of drug-likeness (QED) is 0.431. The number of fused-ring (bicyclic) bond motifs is 1. The molecule has 0 bridgehead atoms. The maximum absolute atomic E-state index is 12.0. The molecular formula is C25H28N5O2+. The Morgan fingerprint density at radius 3 is 2.47 bits per heavy atom. The highest BCUT2D eigenvalue weighted by Crippen LogP contribution is 2.25. The molecule has 0 atom stereocenters. The first-order chi connectivity index (χ1) is 15.6. The molecule has 2 aromatic carbocycles. The SMILES string of the molecule is CCOC(=O)Nc1cc2[nH]c(C)nc2c(N(CCc2ccccc2)Cc2ccccc2)[nH+]1. The standard InChI is InChI=1S/C25H27N5O2/c1-3-32-25(31)29-22-16-21-23(27-18(2)26-21)24(28-22)30(17-20-12-8-5-9-13-20)15-14-19-10-6-4-7-11-19/h4-13,16H,3,14-15,17H2,1-2H3,(H,26,27)(H,28,29,31)/p+1. The van der Waals surface area contributed by atoms with Crippen molar-refractivity contribution in [3.05, 3.63) is 83.7 Å². The van der Waals surface area contributed by atoms with Gasteiger partial charge in [-0.05, 0) is 25.0 Å². The van der Waals surface area contributed by atoms with Gasteiger partial charge in [0.25, 0.3) is 0 Å². The van der Waals surface area contributed by atoms with E-state index >= 15 is 0 Å².